The molecule has 0 saturated heterocycles. The molecule has 0 radical (unpaired) electrons. The Bertz CT molecular complexity index is 374. The first-order chi connectivity index (χ1) is 8.14. The van der Waals surface area contributed by atoms with Gasteiger partial charge >= 0.3 is 6.18 Å². The van der Waals surface area contributed by atoms with Crippen molar-refractivity contribution in [3.63, 3.8) is 0 Å². The van der Waals surface area contributed by atoms with Crippen LogP contribution in [0.4, 0.5) is 13.2 Å². The summed E-state index contributed by atoms with van der Waals surface area (Å²) in [6.45, 7) is 6.07. The van der Waals surface area contributed by atoms with Gasteiger partial charge in [-0.05, 0) is 35.4 Å². The first-order valence-corrected chi connectivity index (χ1v) is 5.91. The Morgan fingerprint density at radius 2 is 1.56 bits per heavy atom. The first-order valence-electron chi connectivity index (χ1n) is 5.91. The molecule has 1 atom stereocenters. The second-order valence-electron chi connectivity index (χ2n) is 5.64. The lowest BCUT2D eigenvalue weighted by Gasteiger charge is -2.29. The lowest BCUT2D eigenvalue weighted by Crippen LogP contribution is -2.26. The van der Waals surface area contributed by atoms with Gasteiger partial charge in [-0.2, -0.15) is 13.2 Å². The molecule has 1 aromatic carbocycles. The molecule has 18 heavy (non-hydrogen) atoms. The molecule has 0 spiro atoms. The molecule has 1 rings (SSSR count). The summed E-state index contributed by atoms with van der Waals surface area (Å²) in [6.07, 6.45) is -3.71. The highest BCUT2D eigenvalue weighted by Crippen LogP contribution is 2.31. The summed E-state index contributed by atoms with van der Waals surface area (Å²) < 4.78 is 37.2. The van der Waals surface area contributed by atoms with Crippen LogP contribution in [0.3, 0.4) is 0 Å². The van der Waals surface area contributed by atoms with Crippen LogP contribution in [0.1, 0.15) is 31.9 Å². The second-order valence-corrected chi connectivity index (χ2v) is 5.64. The average Bonchev–Trinajstić information content (AvgIpc) is 2.23. The van der Waals surface area contributed by atoms with E-state index >= 15 is 0 Å². The summed E-state index contributed by atoms with van der Waals surface area (Å²) in [6, 6.07) is 5.15. The van der Waals surface area contributed by atoms with E-state index in [1.165, 1.54) is 12.1 Å². The SMILES string of the molecule is CC(C)(C)C(CO)Cc1ccc(C(F)(F)F)cc1. The van der Waals surface area contributed by atoms with Gasteiger partial charge in [-0.15, -0.1) is 0 Å². The zero-order chi connectivity index (χ0) is 14.0. The minimum atomic E-state index is -4.29. The van der Waals surface area contributed by atoms with Gasteiger partial charge in [0.15, 0.2) is 0 Å². The Morgan fingerprint density at radius 1 is 1.06 bits per heavy atom. The summed E-state index contributed by atoms with van der Waals surface area (Å²) in [5.41, 5.74) is 0.108. The van der Waals surface area contributed by atoms with Gasteiger partial charge in [0.25, 0.3) is 0 Å². The van der Waals surface area contributed by atoms with Crippen molar-refractivity contribution in [2.75, 3.05) is 6.61 Å². The third-order valence-electron chi connectivity index (χ3n) is 3.21. The predicted octanol–water partition coefficient (Wildman–Crippen LogP) is 3.90. The van der Waals surface area contributed by atoms with E-state index in [1.807, 2.05) is 20.8 Å². The quantitative estimate of drug-likeness (QED) is 0.873. The Balaban J connectivity index is 2.81. The average molecular weight is 260 g/mol. The molecule has 0 aromatic heterocycles. The summed E-state index contributed by atoms with van der Waals surface area (Å²) >= 11 is 0. The molecule has 1 unspecified atom stereocenters. The van der Waals surface area contributed by atoms with E-state index in [4.69, 9.17) is 0 Å². The van der Waals surface area contributed by atoms with E-state index in [0.717, 1.165) is 17.7 Å². The highest BCUT2D eigenvalue weighted by Gasteiger charge is 2.30. The zero-order valence-electron chi connectivity index (χ0n) is 10.9. The van der Waals surface area contributed by atoms with Crippen molar-refractivity contribution in [1.82, 2.24) is 0 Å². The van der Waals surface area contributed by atoms with Crippen LogP contribution in [0.15, 0.2) is 24.3 Å². The third kappa shape index (κ3) is 4.02. The highest BCUT2D eigenvalue weighted by molar-refractivity contribution is 5.25. The Labute approximate surface area is 106 Å². The molecule has 0 aliphatic rings. The van der Waals surface area contributed by atoms with Crippen molar-refractivity contribution < 1.29 is 18.3 Å². The molecule has 0 aliphatic heterocycles. The van der Waals surface area contributed by atoms with Crippen molar-refractivity contribution in [3.05, 3.63) is 35.4 Å². The van der Waals surface area contributed by atoms with Crippen LogP contribution in [-0.4, -0.2) is 11.7 Å². The molecule has 0 saturated carbocycles. The molecule has 0 aliphatic carbocycles. The van der Waals surface area contributed by atoms with Gasteiger partial charge in [0.1, 0.15) is 0 Å². The maximum absolute atomic E-state index is 12.4. The topological polar surface area (TPSA) is 20.2 Å². The van der Waals surface area contributed by atoms with Crippen LogP contribution in [0, 0.1) is 11.3 Å². The fourth-order valence-corrected chi connectivity index (χ4v) is 1.76. The largest absolute Gasteiger partial charge is 0.416 e. The summed E-state index contributed by atoms with van der Waals surface area (Å²) in [4.78, 5) is 0. The number of benzene rings is 1. The van der Waals surface area contributed by atoms with Gasteiger partial charge in [-0.25, -0.2) is 0 Å². The molecule has 0 fully saturated rings. The van der Waals surface area contributed by atoms with Gasteiger partial charge in [0.05, 0.1) is 5.56 Å². The van der Waals surface area contributed by atoms with Crippen LogP contribution >= 0.6 is 0 Å². The zero-order valence-corrected chi connectivity index (χ0v) is 10.9. The predicted molar refractivity (Wildman–Crippen MR) is 65.2 cm³/mol. The minimum Gasteiger partial charge on any atom is -0.396 e. The van der Waals surface area contributed by atoms with Crippen LogP contribution in [0.5, 0.6) is 0 Å². The van der Waals surface area contributed by atoms with Gasteiger partial charge in [-0.3, -0.25) is 0 Å². The van der Waals surface area contributed by atoms with Crippen LogP contribution < -0.4 is 0 Å². The summed E-state index contributed by atoms with van der Waals surface area (Å²) in [7, 11) is 0. The van der Waals surface area contributed by atoms with Crippen molar-refractivity contribution in [2.45, 2.75) is 33.4 Å². The molecule has 4 heteroatoms. The maximum Gasteiger partial charge on any atom is 0.416 e. The van der Waals surface area contributed by atoms with Gasteiger partial charge in [0.2, 0.25) is 0 Å². The molecule has 1 aromatic rings. The molecule has 1 N–H and O–H groups in total. The molecule has 0 heterocycles. The standard InChI is InChI=1S/C14H19F3O/c1-13(2,3)12(9-18)8-10-4-6-11(7-5-10)14(15,16)17/h4-7,12,18H,8-9H2,1-3H3. The Hall–Kier alpha value is -1.03. The van der Waals surface area contributed by atoms with Crippen molar-refractivity contribution in [2.24, 2.45) is 11.3 Å². The number of rotatable bonds is 3. The molecule has 0 bridgehead atoms. The monoisotopic (exact) mass is 260 g/mol. The number of aliphatic hydroxyl groups excluding tert-OH is 1. The third-order valence-corrected chi connectivity index (χ3v) is 3.21. The lowest BCUT2D eigenvalue weighted by molar-refractivity contribution is -0.137. The number of hydrogen-bond donors (Lipinski definition) is 1. The molecule has 1 nitrogen and oxygen atoms in total. The Morgan fingerprint density at radius 3 is 1.89 bits per heavy atom. The number of alkyl halides is 3. The van der Waals surface area contributed by atoms with Crippen molar-refractivity contribution in [3.8, 4) is 0 Å². The van der Waals surface area contributed by atoms with E-state index < -0.39 is 11.7 Å². The minimum absolute atomic E-state index is 0.0323. The van der Waals surface area contributed by atoms with E-state index in [0.29, 0.717) is 6.42 Å². The lowest BCUT2D eigenvalue weighted by atomic mass is 9.78. The van der Waals surface area contributed by atoms with E-state index in [-0.39, 0.29) is 17.9 Å². The number of hydrogen-bond acceptors (Lipinski definition) is 1. The fourth-order valence-electron chi connectivity index (χ4n) is 1.76. The molecule has 0 amide bonds. The van der Waals surface area contributed by atoms with Gasteiger partial charge in [-0.1, -0.05) is 32.9 Å². The smallest absolute Gasteiger partial charge is 0.396 e. The highest BCUT2D eigenvalue weighted by atomic mass is 19.4. The summed E-state index contributed by atoms with van der Waals surface area (Å²) in [5, 5.41) is 9.33. The number of aliphatic hydroxyl groups is 1. The molecule has 102 valence electrons. The van der Waals surface area contributed by atoms with Crippen LogP contribution in [0.25, 0.3) is 0 Å². The van der Waals surface area contributed by atoms with Gasteiger partial charge < -0.3 is 5.11 Å². The number of halogens is 3. The van der Waals surface area contributed by atoms with Gasteiger partial charge in [0, 0.05) is 6.61 Å². The van der Waals surface area contributed by atoms with E-state index in [9.17, 15) is 18.3 Å². The Kier molecular flexibility index (Phi) is 4.43. The van der Waals surface area contributed by atoms with Crippen LogP contribution in [-0.2, 0) is 12.6 Å². The van der Waals surface area contributed by atoms with Crippen LogP contribution in [0.2, 0.25) is 0 Å². The van der Waals surface area contributed by atoms with Crippen molar-refractivity contribution in [1.29, 1.82) is 0 Å². The maximum atomic E-state index is 12.4. The summed E-state index contributed by atoms with van der Waals surface area (Å²) in [5.74, 6) is 0.0363. The molecular weight excluding hydrogens is 241 g/mol. The fraction of sp³-hybridized carbons (Fsp3) is 0.571. The van der Waals surface area contributed by atoms with E-state index in [1.54, 1.807) is 0 Å². The van der Waals surface area contributed by atoms with Crippen molar-refractivity contribution >= 4 is 0 Å². The second kappa shape index (κ2) is 5.31. The normalized spacial score (nSPS) is 14.6. The molecular formula is C14H19F3O. The first kappa shape index (κ1) is 15.0. The van der Waals surface area contributed by atoms with E-state index in [2.05, 4.69) is 0 Å².